The molecule has 28 heavy (non-hydrogen) atoms. The third kappa shape index (κ3) is 4.58. The standard InChI is InChI=1S/C22H29N5O/c1-17(2)20(24-15-9-14-23)21-25-27(19-12-7-4-8-13-19)22(28)26(21)16-18-10-5-3-6-11-18/h3-8,10-13,17,20,24H,9,14-16,23H2,1-2H3. The lowest BCUT2D eigenvalue weighted by molar-refractivity contribution is 0.380. The van der Waals surface area contributed by atoms with Gasteiger partial charge in [-0.25, -0.2) is 4.79 Å². The van der Waals surface area contributed by atoms with Crippen molar-refractivity contribution in [2.24, 2.45) is 11.7 Å². The summed E-state index contributed by atoms with van der Waals surface area (Å²) in [6.07, 6.45) is 0.880. The molecule has 0 saturated heterocycles. The van der Waals surface area contributed by atoms with Crippen LogP contribution in [0.3, 0.4) is 0 Å². The number of hydrogen-bond donors (Lipinski definition) is 2. The molecule has 0 aliphatic carbocycles. The molecule has 0 aliphatic heterocycles. The molecule has 3 aromatic rings. The first-order valence-corrected chi connectivity index (χ1v) is 9.84. The first-order chi connectivity index (χ1) is 13.6. The van der Waals surface area contributed by atoms with Crippen LogP contribution in [0.4, 0.5) is 0 Å². The summed E-state index contributed by atoms with van der Waals surface area (Å²) >= 11 is 0. The zero-order valence-electron chi connectivity index (χ0n) is 16.6. The van der Waals surface area contributed by atoms with Crippen molar-refractivity contribution in [3.8, 4) is 5.69 Å². The Bertz CT molecular complexity index is 915. The van der Waals surface area contributed by atoms with Crippen LogP contribution in [0.1, 0.15) is 37.7 Å². The topological polar surface area (TPSA) is 77.9 Å². The Morgan fingerprint density at radius 3 is 2.29 bits per heavy atom. The fraction of sp³-hybridized carbons (Fsp3) is 0.364. The Hall–Kier alpha value is -2.70. The number of hydrogen-bond acceptors (Lipinski definition) is 4. The van der Waals surface area contributed by atoms with E-state index in [0.717, 1.165) is 30.0 Å². The van der Waals surface area contributed by atoms with E-state index in [2.05, 4.69) is 19.2 Å². The molecule has 6 heteroatoms. The Morgan fingerprint density at radius 2 is 1.68 bits per heavy atom. The molecule has 148 valence electrons. The molecular formula is C22H29N5O. The van der Waals surface area contributed by atoms with Crippen molar-refractivity contribution in [3.63, 3.8) is 0 Å². The minimum Gasteiger partial charge on any atom is -0.330 e. The van der Waals surface area contributed by atoms with Gasteiger partial charge in [-0.15, -0.1) is 5.10 Å². The Balaban J connectivity index is 2.06. The second kappa shape index (κ2) is 9.48. The van der Waals surface area contributed by atoms with Crippen molar-refractivity contribution >= 4 is 0 Å². The van der Waals surface area contributed by atoms with Gasteiger partial charge in [0.15, 0.2) is 5.82 Å². The van der Waals surface area contributed by atoms with Gasteiger partial charge in [-0.05, 0) is 43.1 Å². The van der Waals surface area contributed by atoms with Gasteiger partial charge in [0.25, 0.3) is 0 Å². The number of nitrogens with two attached hydrogens (primary N) is 1. The number of para-hydroxylation sites is 1. The van der Waals surface area contributed by atoms with Crippen LogP contribution in [-0.2, 0) is 6.54 Å². The highest BCUT2D eigenvalue weighted by Gasteiger charge is 2.25. The molecule has 1 heterocycles. The number of nitrogens with zero attached hydrogens (tertiary/aromatic N) is 3. The largest absolute Gasteiger partial charge is 0.351 e. The fourth-order valence-corrected chi connectivity index (χ4v) is 3.28. The first-order valence-electron chi connectivity index (χ1n) is 9.84. The molecule has 3 rings (SSSR count). The van der Waals surface area contributed by atoms with E-state index in [1.54, 1.807) is 4.57 Å². The van der Waals surface area contributed by atoms with Crippen LogP contribution in [0.5, 0.6) is 0 Å². The first kappa shape index (κ1) is 20.0. The van der Waals surface area contributed by atoms with E-state index < -0.39 is 0 Å². The third-order valence-electron chi connectivity index (χ3n) is 4.77. The molecule has 2 aromatic carbocycles. The molecule has 0 saturated carbocycles. The second-order valence-electron chi connectivity index (χ2n) is 7.28. The molecule has 1 atom stereocenters. The van der Waals surface area contributed by atoms with Crippen molar-refractivity contribution in [1.82, 2.24) is 19.7 Å². The summed E-state index contributed by atoms with van der Waals surface area (Å²) in [6, 6.07) is 19.5. The maximum atomic E-state index is 13.3. The lowest BCUT2D eigenvalue weighted by Crippen LogP contribution is -2.32. The van der Waals surface area contributed by atoms with Gasteiger partial charge >= 0.3 is 5.69 Å². The predicted octanol–water partition coefficient (Wildman–Crippen LogP) is 2.72. The van der Waals surface area contributed by atoms with Gasteiger partial charge in [0.05, 0.1) is 18.3 Å². The van der Waals surface area contributed by atoms with E-state index in [4.69, 9.17) is 10.8 Å². The molecule has 0 amide bonds. The molecule has 1 aromatic heterocycles. The van der Waals surface area contributed by atoms with E-state index in [1.807, 2.05) is 60.7 Å². The highest BCUT2D eigenvalue weighted by molar-refractivity contribution is 5.30. The maximum absolute atomic E-state index is 13.3. The van der Waals surface area contributed by atoms with Crippen molar-refractivity contribution in [2.75, 3.05) is 13.1 Å². The fourth-order valence-electron chi connectivity index (χ4n) is 3.28. The molecule has 3 N–H and O–H groups in total. The third-order valence-corrected chi connectivity index (χ3v) is 4.77. The molecule has 0 fully saturated rings. The van der Waals surface area contributed by atoms with E-state index in [-0.39, 0.29) is 17.6 Å². The summed E-state index contributed by atoms with van der Waals surface area (Å²) in [5, 5.41) is 8.29. The van der Waals surface area contributed by atoms with E-state index in [9.17, 15) is 4.79 Å². The molecule has 0 bridgehead atoms. The normalized spacial score (nSPS) is 12.4. The molecule has 6 nitrogen and oxygen atoms in total. The lowest BCUT2D eigenvalue weighted by atomic mass is 10.0. The summed E-state index contributed by atoms with van der Waals surface area (Å²) in [6.45, 7) is 6.19. The van der Waals surface area contributed by atoms with Crippen LogP contribution in [0, 0.1) is 5.92 Å². The number of nitrogens with one attached hydrogen (secondary N) is 1. The lowest BCUT2D eigenvalue weighted by Gasteiger charge is -2.22. The SMILES string of the molecule is CC(C)C(NCCCN)c1nn(-c2ccccc2)c(=O)n1Cc1ccccc1. The van der Waals surface area contributed by atoms with Gasteiger partial charge in [0, 0.05) is 0 Å². The number of benzene rings is 2. The van der Waals surface area contributed by atoms with Gasteiger partial charge in [0.2, 0.25) is 0 Å². The van der Waals surface area contributed by atoms with Gasteiger partial charge in [-0.3, -0.25) is 4.57 Å². The summed E-state index contributed by atoms with van der Waals surface area (Å²) in [5.41, 5.74) is 7.36. The Morgan fingerprint density at radius 1 is 1.04 bits per heavy atom. The van der Waals surface area contributed by atoms with Gasteiger partial charge < -0.3 is 11.1 Å². The minimum atomic E-state index is -0.128. The van der Waals surface area contributed by atoms with E-state index >= 15 is 0 Å². The number of rotatable bonds is 9. The molecule has 1 unspecified atom stereocenters. The van der Waals surface area contributed by atoms with Crippen molar-refractivity contribution < 1.29 is 0 Å². The Kier molecular flexibility index (Phi) is 6.79. The van der Waals surface area contributed by atoms with Crippen LogP contribution >= 0.6 is 0 Å². The van der Waals surface area contributed by atoms with Crippen LogP contribution in [-0.4, -0.2) is 27.4 Å². The average molecular weight is 380 g/mol. The highest BCUT2D eigenvalue weighted by atomic mass is 16.2. The zero-order valence-corrected chi connectivity index (χ0v) is 16.6. The molecule has 0 aliphatic rings. The van der Waals surface area contributed by atoms with E-state index in [1.165, 1.54) is 4.68 Å². The van der Waals surface area contributed by atoms with Crippen molar-refractivity contribution in [3.05, 3.63) is 82.5 Å². The monoisotopic (exact) mass is 379 g/mol. The van der Waals surface area contributed by atoms with Crippen LogP contribution < -0.4 is 16.7 Å². The zero-order chi connectivity index (χ0) is 19.9. The summed E-state index contributed by atoms with van der Waals surface area (Å²) < 4.78 is 3.28. The van der Waals surface area contributed by atoms with Crippen LogP contribution in [0.15, 0.2) is 65.5 Å². The Labute approximate surface area is 166 Å². The van der Waals surface area contributed by atoms with Crippen molar-refractivity contribution in [2.45, 2.75) is 32.9 Å². The molecule has 0 spiro atoms. The van der Waals surface area contributed by atoms with Gasteiger partial charge in [-0.1, -0.05) is 62.4 Å². The van der Waals surface area contributed by atoms with E-state index in [0.29, 0.717) is 13.1 Å². The summed E-state index contributed by atoms with van der Waals surface area (Å²) in [4.78, 5) is 13.3. The average Bonchev–Trinajstić information content (AvgIpc) is 3.03. The maximum Gasteiger partial charge on any atom is 0.351 e. The molecule has 0 radical (unpaired) electrons. The molecular weight excluding hydrogens is 350 g/mol. The van der Waals surface area contributed by atoms with Gasteiger partial charge in [0.1, 0.15) is 0 Å². The van der Waals surface area contributed by atoms with Crippen molar-refractivity contribution in [1.29, 1.82) is 0 Å². The summed E-state index contributed by atoms with van der Waals surface area (Å²) in [7, 11) is 0. The quantitative estimate of drug-likeness (QED) is 0.561. The highest BCUT2D eigenvalue weighted by Crippen LogP contribution is 2.21. The predicted molar refractivity (Wildman–Crippen MR) is 113 cm³/mol. The number of aromatic nitrogens is 3. The second-order valence-corrected chi connectivity index (χ2v) is 7.28. The van der Waals surface area contributed by atoms with Crippen LogP contribution in [0.25, 0.3) is 5.69 Å². The summed E-state index contributed by atoms with van der Waals surface area (Å²) in [5.74, 6) is 1.03. The van der Waals surface area contributed by atoms with Crippen LogP contribution in [0.2, 0.25) is 0 Å². The minimum absolute atomic E-state index is 0.0343. The van der Waals surface area contributed by atoms with Gasteiger partial charge in [-0.2, -0.15) is 4.68 Å². The smallest absolute Gasteiger partial charge is 0.330 e.